The second-order valence-electron chi connectivity index (χ2n) is 7.76. The van der Waals surface area contributed by atoms with Crippen LogP contribution in [0, 0.1) is 17.2 Å². The SMILES string of the molecule is CC1(C)CC(=O)C2C(=Nc3ccccc3NC2c2cccc(F)c2)C1. The molecule has 4 heteroatoms. The van der Waals surface area contributed by atoms with Crippen LogP contribution in [-0.4, -0.2) is 11.5 Å². The first-order chi connectivity index (χ1) is 11.9. The first-order valence-corrected chi connectivity index (χ1v) is 8.64. The number of Topliss-reactive ketones (excluding diaryl/α,β-unsaturated/α-hetero) is 1. The summed E-state index contributed by atoms with van der Waals surface area (Å²) in [5.41, 5.74) is 3.30. The molecule has 1 aliphatic carbocycles. The van der Waals surface area contributed by atoms with Gasteiger partial charge in [0.1, 0.15) is 11.6 Å². The maximum absolute atomic E-state index is 13.8. The number of nitrogens with one attached hydrogen (secondary N) is 1. The van der Waals surface area contributed by atoms with Crippen LogP contribution in [0.4, 0.5) is 15.8 Å². The highest BCUT2D eigenvalue weighted by atomic mass is 19.1. The Balaban J connectivity index is 1.87. The molecular formula is C21H21FN2O. The molecule has 0 radical (unpaired) electrons. The van der Waals surface area contributed by atoms with Crippen molar-refractivity contribution in [1.29, 1.82) is 0 Å². The van der Waals surface area contributed by atoms with Crippen molar-refractivity contribution in [1.82, 2.24) is 0 Å². The normalized spacial score (nSPS) is 24.4. The van der Waals surface area contributed by atoms with Crippen molar-refractivity contribution in [3.05, 3.63) is 59.9 Å². The van der Waals surface area contributed by atoms with Crippen LogP contribution in [0.1, 0.15) is 38.3 Å². The summed E-state index contributed by atoms with van der Waals surface area (Å²) in [5, 5.41) is 3.46. The van der Waals surface area contributed by atoms with Gasteiger partial charge in [-0.25, -0.2) is 4.39 Å². The number of para-hydroxylation sites is 2. The summed E-state index contributed by atoms with van der Waals surface area (Å²) in [5.74, 6) is -0.481. The van der Waals surface area contributed by atoms with Crippen molar-refractivity contribution in [2.75, 3.05) is 5.32 Å². The predicted octanol–water partition coefficient (Wildman–Crippen LogP) is 5.07. The van der Waals surface area contributed by atoms with Gasteiger partial charge in [-0.05, 0) is 41.7 Å². The monoisotopic (exact) mass is 336 g/mol. The van der Waals surface area contributed by atoms with Gasteiger partial charge in [-0.1, -0.05) is 38.1 Å². The molecule has 1 N–H and O–H groups in total. The molecule has 0 aromatic heterocycles. The third kappa shape index (κ3) is 2.97. The van der Waals surface area contributed by atoms with E-state index in [9.17, 15) is 9.18 Å². The molecule has 3 nitrogen and oxygen atoms in total. The van der Waals surface area contributed by atoms with Crippen LogP contribution in [0.25, 0.3) is 0 Å². The molecule has 0 spiro atoms. The van der Waals surface area contributed by atoms with E-state index in [0.717, 1.165) is 29.1 Å². The highest BCUT2D eigenvalue weighted by Gasteiger charge is 2.43. The Morgan fingerprint density at radius 2 is 1.92 bits per heavy atom. The Kier molecular flexibility index (Phi) is 3.71. The lowest BCUT2D eigenvalue weighted by Crippen LogP contribution is -2.42. The number of ketones is 1. The minimum Gasteiger partial charge on any atom is -0.375 e. The molecule has 2 aromatic rings. The van der Waals surface area contributed by atoms with E-state index in [2.05, 4.69) is 19.2 Å². The molecule has 4 rings (SSSR count). The summed E-state index contributed by atoms with van der Waals surface area (Å²) in [6.07, 6.45) is 1.28. The third-order valence-corrected chi connectivity index (χ3v) is 5.04. The van der Waals surface area contributed by atoms with Gasteiger partial charge in [0.2, 0.25) is 0 Å². The molecule has 1 fully saturated rings. The van der Waals surface area contributed by atoms with E-state index in [0.29, 0.717) is 6.42 Å². The lowest BCUT2D eigenvalue weighted by Gasteiger charge is -2.37. The molecule has 2 unspecified atom stereocenters. The zero-order valence-electron chi connectivity index (χ0n) is 14.4. The molecule has 2 aliphatic rings. The van der Waals surface area contributed by atoms with E-state index >= 15 is 0 Å². The van der Waals surface area contributed by atoms with Crippen molar-refractivity contribution in [2.24, 2.45) is 16.3 Å². The summed E-state index contributed by atoms with van der Waals surface area (Å²) >= 11 is 0. The van der Waals surface area contributed by atoms with Crippen molar-refractivity contribution in [3.63, 3.8) is 0 Å². The van der Waals surface area contributed by atoms with Gasteiger partial charge in [-0.2, -0.15) is 0 Å². The van der Waals surface area contributed by atoms with Crippen LogP contribution in [0.2, 0.25) is 0 Å². The minimum atomic E-state index is -0.359. The number of aliphatic imine (C=N–C) groups is 1. The molecule has 1 saturated carbocycles. The van der Waals surface area contributed by atoms with Crippen molar-refractivity contribution < 1.29 is 9.18 Å². The number of rotatable bonds is 1. The number of halogens is 1. The van der Waals surface area contributed by atoms with Crippen LogP contribution in [0.5, 0.6) is 0 Å². The van der Waals surface area contributed by atoms with Gasteiger partial charge >= 0.3 is 0 Å². The van der Waals surface area contributed by atoms with E-state index in [1.807, 2.05) is 30.3 Å². The Hall–Kier alpha value is -2.49. The minimum absolute atomic E-state index is 0.0990. The number of nitrogens with zero attached hydrogens (tertiary/aromatic N) is 1. The number of hydrogen-bond donors (Lipinski definition) is 1. The van der Waals surface area contributed by atoms with Crippen LogP contribution in [0.3, 0.4) is 0 Å². The van der Waals surface area contributed by atoms with E-state index in [-0.39, 0.29) is 29.0 Å². The predicted molar refractivity (Wildman–Crippen MR) is 97.8 cm³/mol. The second kappa shape index (κ2) is 5.80. The highest BCUT2D eigenvalue weighted by molar-refractivity contribution is 6.10. The molecule has 1 heterocycles. The van der Waals surface area contributed by atoms with E-state index in [4.69, 9.17) is 4.99 Å². The maximum atomic E-state index is 13.8. The Morgan fingerprint density at radius 3 is 2.72 bits per heavy atom. The van der Waals surface area contributed by atoms with Gasteiger partial charge in [0.15, 0.2) is 0 Å². The fraction of sp³-hybridized carbons (Fsp3) is 0.333. The summed E-state index contributed by atoms with van der Waals surface area (Å²) < 4.78 is 13.8. The quantitative estimate of drug-likeness (QED) is 0.790. The fourth-order valence-electron chi connectivity index (χ4n) is 3.99. The molecule has 25 heavy (non-hydrogen) atoms. The van der Waals surface area contributed by atoms with Gasteiger partial charge in [-0.15, -0.1) is 0 Å². The number of benzene rings is 2. The first kappa shape index (κ1) is 16.0. The van der Waals surface area contributed by atoms with Crippen molar-refractivity contribution in [3.8, 4) is 0 Å². The van der Waals surface area contributed by atoms with E-state index in [1.165, 1.54) is 12.1 Å². The van der Waals surface area contributed by atoms with Crippen LogP contribution in [0.15, 0.2) is 53.5 Å². The van der Waals surface area contributed by atoms with Crippen molar-refractivity contribution >= 4 is 22.9 Å². The Labute approximate surface area is 147 Å². The Bertz CT molecular complexity index is 872. The number of fused-ring (bicyclic) bond motifs is 2. The smallest absolute Gasteiger partial charge is 0.144 e. The zero-order valence-corrected chi connectivity index (χ0v) is 14.4. The number of hydrogen-bond acceptors (Lipinski definition) is 3. The molecule has 1 aliphatic heterocycles. The molecule has 128 valence electrons. The van der Waals surface area contributed by atoms with Gasteiger partial charge in [0.05, 0.1) is 23.3 Å². The average Bonchev–Trinajstić information content (AvgIpc) is 2.70. The van der Waals surface area contributed by atoms with Crippen LogP contribution >= 0.6 is 0 Å². The summed E-state index contributed by atoms with van der Waals surface area (Å²) in [4.78, 5) is 17.8. The third-order valence-electron chi connectivity index (χ3n) is 5.04. The number of anilines is 1. The standard InChI is InChI=1S/C21H21FN2O/c1-21(2)11-17-19(18(25)12-21)20(13-6-5-7-14(22)10-13)24-16-9-4-3-8-15(16)23-17/h3-10,19-20,24H,11-12H2,1-2H3. The van der Waals surface area contributed by atoms with Crippen molar-refractivity contribution in [2.45, 2.75) is 32.7 Å². The lowest BCUT2D eigenvalue weighted by atomic mass is 9.68. The zero-order chi connectivity index (χ0) is 17.6. The number of carbonyl (C=O) groups is 1. The molecule has 2 atom stereocenters. The lowest BCUT2D eigenvalue weighted by molar-refractivity contribution is -0.124. The van der Waals surface area contributed by atoms with E-state index < -0.39 is 0 Å². The van der Waals surface area contributed by atoms with Gasteiger partial charge in [-0.3, -0.25) is 9.79 Å². The Morgan fingerprint density at radius 1 is 1.12 bits per heavy atom. The molecular weight excluding hydrogens is 315 g/mol. The molecule has 2 aromatic carbocycles. The fourth-order valence-corrected chi connectivity index (χ4v) is 3.99. The van der Waals surface area contributed by atoms with E-state index in [1.54, 1.807) is 6.07 Å². The highest BCUT2D eigenvalue weighted by Crippen LogP contribution is 2.44. The summed E-state index contributed by atoms with van der Waals surface area (Å²) in [7, 11) is 0. The maximum Gasteiger partial charge on any atom is 0.144 e. The van der Waals surface area contributed by atoms with Crippen LogP contribution in [-0.2, 0) is 4.79 Å². The average molecular weight is 336 g/mol. The largest absolute Gasteiger partial charge is 0.375 e. The molecule has 0 saturated heterocycles. The molecule has 0 bridgehead atoms. The van der Waals surface area contributed by atoms with Crippen LogP contribution < -0.4 is 5.32 Å². The topological polar surface area (TPSA) is 41.5 Å². The molecule has 0 amide bonds. The van der Waals surface area contributed by atoms with Gasteiger partial charge < -0.3 is 5.32 Å². The first-order valence-electron chi connectivity index (χ1n) is 8.64. The number of carbonyl (C=O) groups excluding carboxylic acids is 1. The van der Waals surface area contributed by atoms with Gasteiger partial charge in [0.25, 0.3) is 0 Å². The summed E-state index contributed by atoms with van der Waals surface area (Å²) in [6, 6.07) is 14.0. The van der Waals surface area contributed by atoms with Gasteiger partial charge in [0, 0.05) is 12.1 Å². The summed E-state index contributed by atoms with van der Waals surface area (Å²) in [6.45, 7) is 4.20. The second-order valence-corrected chi connectivity index (χ2v) is 7.76.